The molecule has 1 heterocycles. The van der Waals surface area contributed by atoms with Gasteiger partial charge >= 0.3 is 0 Å². The molecule has 0 aliphatic carbocycles. The van der Waals surface area contributed by atoms with E-state index in [0.29, 0.717) is 0 Å². The topological polar surface area (TPSA) is 58.3 Å². The Morgan fingerprint density at radius 2 is 2.08 bits per heavy atom. The van der Waals surface area contributed by atoms with E-state index in [4.69, 9.17) is 5.11 Å². The zero-order chi connectivity index (χ0) is 9.30. The van der Waals surface area contributed by atoms with Crippen molar-refractivity contribution in [1.82, 2.24) is 9.78 Å². The number of aliphatic hydroxyl groups is 2. The Bertz CT molecular complexity index is 281. The van der Waals surface area contributed by atoms with Crippen LogP contribution in [0.1, 0.15) is 23.1 Å². The van der Waals surface area contributed by atoms with E-state index in [1.165, 1.54) is 0 Å². The number of rotatable bonds is 2. The van der Waals surface area contributed by atoms with Crippen LogP contribution in [0, 0.1) is 13.8 Å². The first-order valence-corrected chi connectivity index (χ1v) is 3.87. The molecule has 0 aliphatic heterocycles. The Labute approximate surface area is 71.5 Å². The third kappa shape index (κ3) is 1.35. The second kappa shape index (κ2) is 3.25. The highest BCUT2D eigenvalue weighted by atomic mass is 16.3. The van der Waals surface area contributed by atoms with Crippen molar-refractivity contribution in [1.29, 1.82) is 0 Å². The zero-order valence-corrected chi connectivity index (χ0v) is 7.57. The second-order valence-corrected chi connectivity index (χ2v) is 2.91. The minimum absolute atomic E-state index is 0.257. The molecule has 0 fully saturated rings. The van der Waals surface area contributed by atoms with Gasteiger partial charge in [0.25, 0.3) is 0 Å². The molecule has 0 spiro atoms. The van der Waals surface area contributed by atoms with E-state index in [1.54, 1.807) is 4.68 Å². The molecular weight excluding hydrogens is 156 g/mol. The molecule has 0 aromatic carbocycles. The van der Waals surface area contributed by atoms with Crippen LogP contribution in [0.3, 0.4) is 0 Å². The summed E-state index contributed by atoms with van der Waals surface area (Å²) in [5.74, 6) is 0. The van der Waals surface area contributed by atoms with E-state index in [0.717, 1.165) is 17.0 Å². The van der Waals surface area contributed by atoms with Gasteiger partial charge in [-0.25, -0.2) is 0 Å². The zero-order valence-electron chi connectivity index (χ0n) is 7.57. The Morgan fingerprint density at radius 1 is 1.50 bits per heavy atom. The van der Waals surface area contributed by atoms with Crippen molar-refractivity contribution >= 4 is 0 Å². The van der Waals surface area contributed by atoms with Crippen LogP contribution < -0.4 is 0 Å². The maximum Gasteiger partial charge on any atom is 0.106 e. The van der Waals surface area contributed by atoms with Crippen LogP contribution >= 0.6 is 0 Å². The van der Waals surface area contributed by atoms with Crippen molar-refractivity contribution in [2.45, 2.75) is 20.0 Å². The molecular formula is C8H14N2O2. The summed E-state index contributed by atoms with van der Waals surface area (Å²) in [7, 11) is 1.82. The van der Waals surface area contributed by atoms with Crippen molar-refractivity contribution in [2.24, 2.45) is 7.05 Å². The fourth-order valence-electron chi connectivity index (χ4n) is 1.36. The quantitative estimate of drug-likeness (QED) is 0.660. The van der Waals surface area contributed by atoms with Crippen LogP contribution in [0.25, 0.3) is 0 Å². The molecule has 1 rings (SSSR count). The van der Waals surface area contributed by atoms with Crippen LogP contribution in [0.4, 0.5) is 0 Å². The van der Waals surface area contributed by atoms with Crippen molar-refractivity contribution in [3.8, 4) is 0 Å². The predicted molar refractivity (Wildman–Crippen MR) is 44.7 cm³/mol. The molecule has 0 aliphatic rings. The highest BCUT2D eigenvalue weighted by molar-refractivity contribution is 5.26. The first-order chi connectivity index (χ1) is 5.57. The van der Waals surface area contributed by atoms with Crippen LogP contribution in [0.2, 0.25) is 0 Å². The van der Waals surface area contributed by atoms with Gasteiger partial charge in [-0.15, -0.1) is 0 Å². The molecule has 4 heteroatoms. The summed E-state index contributed by atoms with van der Waals surface area (Å²) < 4.78 is 1.70. The molecule has 0 saturated carbocycles. The summed E-state index contributed by atoms with van der Waals surface area (Å²) in [6.07, 6.45) is -0.807. The summed E-state index contributed by atoms with van der Waals surface area (Å²) in [6.45, 7) is 3.43. The Kier molecular flexibility index (Phi) is 2.49. The molecule has 0 radical (unpaired) electrons. The lowest BCUT2D eigenvalue weighted by molar-refractivity contribution is 0.0945. The molecule has 1 atom stereocenters. The lowest BCUT2D eigenvalue weighted by Crippen LogP contribution is -2.05. The second-order valence-electron chi connectivity index (χ2n) is 2.91. The monoisotopic (exact) mass is 170 g/mol. The highest BCUT2D eigenvalue weighted by Gasteiger charge is 2.16. The minimum atomic E-state index is -0.807. The molecule has 4 nitrogen and oxygen atoms in total. The smallest absolute Gasteiger partial charge is 0.106 e. The normalized spacial score (nSPS) is 13.4. The Balaban J connectivity index is 3.13. The maximum atomic E-state index is 9.40. The van der Waals surface area contributed by atoms with E-state index in [2.05, 4.69) is 5.10 Å². The van der Waals surface area contributed by atoms with Crippen molar-refractivity contribution in [3.63, 3.8) is 0 Å². The summed E-state index contributed by atoms with van der Waals surface area (Å²) in [5, 5.41) is 22.3. The van der Waals surface area contributed by atoms with Gasteiger partial charge in [-0.2, -0.15) is 5.10 Å². The van der Waals surface area contributed by atoms with E-state index in [-0.39, 0.29) is 6.61 Å². The summed E-state index contributed by atoms with van der Waals surface area (Å²) in [5.41, 5.74) is 2.41. The molecule has 0 bridgehead atoms. The van der Waals surface area contributed by atoms with E-state index < -0.39 is 6.10 Å². The molecule has 0 saturated heterocycles. The number of aryl methyl sites for hydroxylation is 2. The maximum absolute atomic E-state index is 9.40. The number of hydrogen-bond acceptors (Lipinski definition) is 3. The standard InChI is InChI=1S/C8H14N2O2/c1-5-8(7(12)4-11)6(2)10(3)9-5/h7,11-12H,4H2,1-3H3. The number of aromatic nitrogens is 2. The number of nitrogens with zero attached hydrogens (tertiary/aromatic N) is 2. The Hall–Kier alpha value is -0.870. The average Bonchev–Trinajstić information content (AvgIpc) is 2.26. The highest BCUT2D eigenvalue weighted by Crippen LogP contribution is 2.19. The first kappa shape index (κ1) is 9.22. The summed E-state index contributed by atoms with van der Waals surface area (Å²) in [4.78, 5) is 0. The van der Waals surface area contributed by atoms with Gasteiger partial charge in [-0.3, -0.25) is 4.68 Å². The molecule has 0 amide bonds. The average molecular weight is 170 g/mol. The largest absolute Gasteiger partial charge is 0.393 e. The van der Waals surface area contributed by atoms with Gasteiger partial charge in [0, 0.05) is 18.3 Å². The van der Waals surface area contributed by atoms with E-state index in [1.807, 2.05) is 20.9 Å². The number of hydrogen-bond donors (Lipinski definition) is 2. The summed E-state index contributed by atoms with van der Waals surface area (Å²) >= 11 is 0. The first-order valence-electron chi connectivity index (χ1n) is 3.87. The van der Waals surface area contributed by atoms with Gasteiger partial charge in [0.1, 0.15) is 6.10 Å². The van der Waals surface area contributed by atoms with Gasteiger partial charge in [0.15, 0.2) is 0 Å². The van der Waals surface area contributed by atoms with Gasteiger partial charge in [0.2, 0.25) is 0 Å². The van der Waals surface area contributed by atoms with Crippen molar-refractivity contribution < 1.29 is 10.2 Å². The Morgan fingerprint density at radius 3 is 2.42 bits per heavy atom. The van der Waals surface area contributed by atoms with Gasteiger partial charge in [-0.05, 0) is 13.8 Å². The van der Waals surface area contributed by atoms with Gasteiger partial charge in [0.05, 0.1) is 12.3 Å². The molecule has 1 aromatic rings. The van der Waals surface area contributed by atoms with Gasteiger partial charge in [-0.1, -0.05) is 0 Å². The van der Waals surface area contributed by atoms with Crippen molar-refractivity contribution in [3.05, 3.63) is 17.0 Å². The van der Waals surface area contributed by atoms with E-state index in [9.17, 15) is 5.11 Å². The molecule has 1 unspecified atom stereocenters. The fraction of sp³-hybridized carbons (Fsp3) is 0.625. The SMILES string of the molecule is Cc1nn(C)c(C)c1C(O)CO. The molecule has 1 aromatic heterocycles. The van der Waals surface area contributed by atoms with Crippen LogP contribution in [0.15, 0.2) is 0 Å². The molecule has 12 heavy (non-hydrogen) atoms. The number of aliphatic hydroxyl groups excluding tert-OH is 2. The van der Waals surface area contributed by atoms with Crippen LogP contribution in [0.5, 0.6) is 0 Å². The van der Waals surface area contributed by atoms with Gasteiger partial charge < -0.3 is 10.2 Å². The molecule has 2 N–H and O–H groups in total. The van der Waals surface area contributed by atoms with E-state index >= 15 is 0 Å². The van der Waals surface area contributed by atoms with Crippen molar-refractivity contribution in [2.75, 3.05) is 6.61 Å². The molecule has 68 valence electrons. The lowest BCUT2D eigenvalue weighted by Gasteiger charge is -2.06. The van der Waals surface area contributed by atoms with Crippen LogP contribution in [-0.4, -0.2) is 26.6 Å². The van der Waals surface area contributed by atoms with Crippen LogP contribution in [-0.2, 0) is 7.05 Å². The minimum Gasteiger partial charge on any atom is -0.393 e. The lowest BCUT2D eigenvalue weighted by atomic mass is 10.1. The third-order valence-electron chi connectivity index (χ3n) is 2.07. The fourth-order valence-corrected chi connectivity index (χ4v) is 1.36. The third-order valence-corrected chi connectivity index (χ3v) is 2.07. The predicted octanol–water partition coefficient (Wildman–Crippen LogP) is 0.0626. The summed E-state index contributed by atoms with van der Waals surface area (Å²) in [6, 6.07) is 0.